The lowest BCUT2D eigenvalue weighted by Gasteiger charge is -2.35. The van der Waals surface area contributed by atoms with Crippen molar-refractivity contribution in [3.63, 3.8) is 0 Å². The standard InChI is InChI=1S/C19H12Cl2F3N3O3.C14H25N5O3.C2H4O2/c1-27-13(11-4-5-14(30-19(23)24)16(22)15(11)21)7-25-17(27)18(29)26-10-3-2-9(8-28)12(20)6-10;1-17-3-5-18(6-4-17)14(22)11-2-7-19(8-11,9-12(15)20)10-13(16)21;1-4-2-3/h2-8,19H,1H3,(H,26,29);11H,2-10H2,1H3,(H3-,15,16,20,21);2H,1H3/p+1. The lowest BCUT2D eigenvalue weighted by Crippen LogP contribution is -2.56. The van der Waals surface area contributed by atoms with E-state index in [2.05, 4.69) is 24.7 Å². The van der Waals surface area contributed by atoms with Gasteiger partial charge in [0.15, 0.2) is 36.8 Å². The fourth-order valence-corrected chi connectivity index (χ4v) is 6.72. The molecule has 2 aromatic carbocycles. The van der Waals surface area contributed by atoms with Crippen molar-refractivity contribution in [2.75, 3.05) is 71.8 Å². The normalized spacial score (nSPS) is 16.1. The zero-order chi connectivity index (χ0) is 41.7. The van der Waals surface area contributed by atoms with Crippen LogP contribution in [-0.4, -0.2) is 133 Å². The molecule has 304 valence electrons. The molecule has 2 aliphatic rings. The molecule has 1 unspecified atom stereocenters. The first-order valence-electron chi connectivity index (χ1n) is 16.8. The Hall–Kier alpha value is -5.24. The van der Waals surface area contributed by atoms with Crippen molar-refractivity contribution < 1.29 is 55.9 Å². The molecular weight excluding hydrogens is 788 g/mol. The van der Waals surface area contributed by atoms with E-state index in [1.165, 1.54) is 49.2 Å². The number of halogens is 5. The largest absolute Gasteiger partial charge is 0.471 e. The first kappa shape index (κ1) is 45.2. The number of imidazole rings is 1. The molecule has 5 rings (SSSR count). The van der Waals surface area contributed by atoms with Crippen LogP contribution in [0.25, 0.3) is 11.3 Å². The predicted molar refractivity (Wildman–Crippen MR) is 198 cm³/mol. The van der Waals surface area contributed by atoms with Crippen LogP contribution in [0.15, 0.2) is 36.5 Å². The van der Waals surface area contributed by atoms with Crippen LogP contribution in [0, 0.1) is 11.7 Å². The van der Waals surface area contributed by atoms with E-state index in [1.807, 2.05) is 11.9 Å². The Balaban J connectivity index is 0.000000285. The number of hydrogen-bond acceptors (Lipinski definition) is 10. The lowest BCUT2D eigenvalue weighted by molar-refractivity contribution is -0.902. The van der Waals surface area contributed by atoms with Gasteiger partial charge in [0.25, 0.3) is 24.2 Å². The minimum Gasteiger partial charge on any atom is -0.471 e. The SMILES string of the molecule is CN1CCN(C(=O)C2CC[N+](CC(N)=O)(CC(N)=O)C2)CC1.COC=O.Cn1c(-c2ccc(OC(F)F)c(F)c2Cl)cnc1C(=O)Nc1ccc(C=O)c(Cl)c1. The van der Waals surface area contributed by atoms with Crippen LogP contribution >= 0.6 is 23.2 Å². The van der Waals surface area contributed by atoms with Gasteiger partial charge in [0.05, 0.1) is 48.1 Å². The summed E-state index contributed by atoms with van der Waals surface area (Å²) in [4.78, 5) is 75.7. The second kappa shape index (κ2) is 20.6. The number of piperazine rings is 1. The van der Waals surface area contributed by atoms with Crippen molar-refractivity contribution in [3.05, 3.63) is 63.8 Å². The number of aromatic nitrogens is 2. The Morgan fingerprint density at radius 3 is 2.20 bits per heavy atom. The van der Waals surface area contributed by atoms with Gasteiger partial charge in [-0.25, -0.2) is 9.37 Å². The van der Waals surface area contributed by atoms with E-state index in [-0.39, 0.29) is 57.1 Å². The van der Waals surface area contributed by atoms with Gasteiger partial charge in [-0.2, -0.15) is 8.78 Å². The first-order valence-corrected chi connectivity index (χ1v) is 17.6. The summed E-state index contributed by atoms with van der Waals surface area (Å²) in [5.41, 5.74) is 11.6. The highest BCUT2D eigenvalue weighted by molar-refractivity contribution is 6.34. The van der Waals surface area contributed by atoms with E-state index in [4.69, 9.17) is 39.5 Å². The number of amides is 4. The first-order chi connectivity index (χ1) is 26.4. The van der Waals surface area contributed by atoms with E-state index in [0.29, 0.717) is 38.0 Å². The van der Waals surface area contributed by atoms with Gasteiger partial charge in [-0.15, -0.1) is 0 Å². The number of primary amides is 2. The molecule has 56 heavy (non-hydrogen) atoms. The lowest BCUT2D eigenvalue weighted by atomic mass is 10.1. The molecule has 3 aromatic rings. The topological polar surface area (TPSA) is 209 Å². The van der Waals surface area contributed by atoms with Gasteiger partial charge in [0.2, 0.25) is 5.91 Å². The second-order valence-corrected chi connectivity index (χ2v) is 13.7. The number of ether oxygens (including phenoxy) is 2. The molecule has 1 aromatic heterocycles. The van der Waals surface area contributed by atoms with Crippen LogP contribution in [0.5, 0.6) is 5.75 Å². The summed E-state index contributed by atoms with van der Waals surface area (Å²) >= 11 is 11.9. The monoisotopic (exact) mass is 829 g/mol. The number of likely N-dealkylation sites (tertiary alicyclic amines) is 1. The third-order valence-electron chi connectivity index (χ3n) is 8.92. The van der Waals surface area contributed by atoms with Crippen LogP contribution in [0.4, 0.5) is 18.9 Å². The van der Waals surface area contributed by atoms with Crippen LogP contribution in [0.2, 0.25) is 10.0 Å². The minimum absolute atomic E-state index is 0.0371. The van der Waals surface area contributed by atoms with Crippen molar-refractivity contribution >= 4 is 65.3 Å². The number of methoxy groups -OCH3 is 1. The Kier molecular flexibility index (Phi) is 16.6. The van der Waals surface area contributed by atoms with E-state index in [1.54, 1.807) is 0 Å². The number of rotatable bonds is 12. The average molecular weight is 831 g/mol. The molecule has 0 aliphatic carbocycles. The third kappa shape index (κ3) is 12.1. The highest BCUT2D eigenvalue weighted by atomic mass is 35.5. The summed E-state index contributed by atoms with van der Waals surface area (Å²) in [6, 6.07) is 6.62. The van der Waals surface area contributed by atoms with E-state index in [0.717, 1.165) is 32.2 Å². The zero-order valence-electron chi connectivity index (χ0n) is 30.7. The summed E-state index contributed by atoms with van der Waals surface area (Å²) in [6.45, 7) is 1.58. The second-order valence-electron chi connectivity index (χ2n) is 12.9. The molecule has 16 nitrogen and oxygen atoms in total. The van der Waals surface area contributed by atoms with Gasteiger partial charge in [0, 0.05) is 56.5 Å². The van der Waals surface area contributed by atoms with Gasteiger partial charge >= 0.3 is 6.61 Å². The summed E-state index contributed by atoms with van der Waals surface area (Å²) in [5, 5.41) is 2.28. The number of anilines is 1. The van der Waals surface area contributed by atoms with E-state index in [9.17, 15) is 37.1 Å². The summed E-state index contributed by atoms with van der Waals surface area (Å²) in [6.07, 6.45) is 2.54. The summed E-state index contributed by atoms with van der Waals surface area (Å²) < 4.78 is 48.4. The highest BCUT2D eigenvalue weighted by Gasteiger charge is 2.44. The Morgan fingerprint density at radius 1 is 1.04 bits per heavy atom. The van der Waals surface area contributed by atoms with Crippen LogP contribution < -0.4 is 21.5 Å². The molecule has 0 bridgehead atoms. The highest BCUT2D eigenvalue weighted by Crippen LogP contribution is 2.35. The van der Waals surface area contributed by atoms with Crippen molar-refractivity contribution in [1.29, 1.82) is 0 Å². The maximum absolute atomic E-state index is 14.3. The molecule has 1 atom stereocenters. The van der Waals surface area contributed by atoms with Crippen molar-refractivity contribution in [2.24, 2.45) is 24.4 Å². The fourth-order valence-electron chi connectivity index (χ4n) is 6.25. The number of likely N-dealkylation sites (N-methyl/N-ethyl adjacent to an activating group) is 1. The maximum atomic E-state index is 14.3. The zero-order valence-corrected chi connectivity index (χ0v) is 32.2. The molecule has 0 spiro atoms. The number of carbonyl (C=O) groups excluding carboxylic acids is 6. The van der Waals surface area contributed by atoms with Crippen LogP contribution in [-0.2, 0) is 31.0 Å². The molecule has 0 radical (unpaired) electrons. The molecule has 21 heteroatoms. The number of nitrogens with zero attached hydrogens (tertiary/aromatic N) is 5. The fraction of sp³-hybridized carbons (Fsp3) is 0.400. The summed E-state index contributed by atoms with van der Waals surface area (Å²) in [7, 11) is 4.85. The number of nitrogens with two attached hydrogens (primary N) is 2. The van der Waals surface area contributed by atoms with Crippen LogP contribution in [0.1, 0.15) is 27.4 Å². The predicted octanol–water partition coefficient (Wildman–Crippen LogP) is 2.56. The molecule has 4 amide bonds. The van der Waals surface area contributed by atoms with Gasteiger partial charge in [-0.3, -0.25) is 28.8 Å². The molecule has 2 aliphatic heterocycles. The number of hydrogen-bond donors (Lipinski definition) is 3. The van der Waals surface area contributed by atoms with Crippen LogP contribution in [0.3, 0.4) is 0 Å². The molecular formula is C35H42Cl2F3N8O8+. The molecule has 2 fully saturated rings. The van der Waals surface area contributed by atoms with Gasteiger partial charge in [-0.05, 0) is 37.4 Å². The number of carbonyl (C=O) groups is 6. The number of alkyl halides is 2. The average Bonchev–Trinajstić information content (AvgIpc) is 3.73. The van der Waals surface area contributed by atoms with Crippen molar-refractivity contribution in [1.82, 2.24) is 19.4 Å². The number of nitrogens with one attached hydrogen (secondary N) is 1. The quantitative estimate of drug-likeness (QED) is 0.180. The molecule has 0 saturated carbocycles. The van der Waals surface area contributed by atoms with E-state index < -0.39 is 40.9 Å². The molecule has 5 N–H and O–H groups in total. The molecule has 2 saturated heterocycles. The molecule has 3 heterocycles. The third-order valence-corrected chi connectivity index (χ3v) is 9.61. The van der Waals surface area contributed by atoms with Gasteiger partial charge < -0.3 is 45.1 Å². The summed E-state index contributed by atoms with van der Waals surface area (Å²) in [5.74, 6) is -3.45. The number of aldehydes is 1. The van der Waals surface area contributed by atoms with Crippen molar-refractivity contribution in [2.45, 2.75) is 13.0 Å². The van der Waals surface area contributed by atoms with Crippen molar-refractivity contribution in [3.8, 4) is 17.0 Å². The Morgan fingerprint density at radius 2 is 1.66 bits per heavy atom. The number of benzene rings is 2. The Labute approximate surface area is 330 Å². The van der Waals surface area contributed by atoms with Gasteiger partial charge in [0.1, 0.15) is 0 Å². The maximum Gasteiger partial charge on any atom is 0.387 e. The Bertz CT molecular complexity index is 1890. The van der Waals surface area contributed by atoms with E-state index >= 15 is 0 Å². The minimum atomic E-state index is -3.21. The number of quaternary nitrogens is 1. The van der Waals surface area contributed by atoms with Gasteiger partial charge in [-0.1, -0.05) is 23.2 Å². The smallest absolute Gasteiger partial charge is 0.387 e.